The zero-order valence-corrected chi connectivity index (χ0v) is 20.2. The normalized spacial score (nSPS) is 19.2. The first-order valence-corrected chi connectivity index (χ1v) is 12.6. The number of piperazine rings is 1. The molecule has 0 aliphatic carbocycles. The van der Waals surface area contributed by atoms with Crippen molar-refractivity contribution in [3.63, 3.8) is 0 Å². The van der Waals surface area contributed by atoms with Crippen molar-refractivity contribution in [3.8, 4) is 11.5 Å². The molecule has 1 fully saturated rings. The van der Waals surface area contributed by atoms with Crippen LogP contribution in [0.3, 0.4) is 0 Å². The van der Waals surface area contributed by atoms with Gasteiger partial charge in [0.15, 0.2) is 11.5 Å². The Hall–Kier alpha value is -2.78. The van der Waals surface area contributed by atoms with Crippen LogP contribution in [0.15, 0.2) is 47.4 Å². The predicted octanol–water partition coefficient (Wildman–Crippen LogP) is 2.38. The first-order valence-electron chi connectivity index (χ1n) is 11.2. The van der Waals surface area contributed by atoms with E-state index < -0.39 is 10.0 Å². The van der Waals surface area contributed by atoms with E-state index in [1.165, 1.54) is 36.2 Å². The van der Waals surface area contributed by atoms with Gasteiger partial charge in [0.05, 0.1) is 25.7 Å². The van der Waals surface area contributed by atoms with Crippen molar-refractivity contribution in [2.75, 3.05) is 51.8 Å². The van der Waals surface area contributed by atoms with Gasteiger partial charge in [-0.3, -0.25) is 4.79 Å². The van der Waals surface area contributed by atoms with Crippen LogP contribution in [0.5, 0.6) is 11.5 Å². The number of nitrogens with zero attached hydrogens (tertiary/aromatic N) is 3. The Morgan fingerprint density at radius 1 is 1.00 bits per heavy atom. The zero-order valence-electron chi connectivity index (χ0n) is 19.4. The summed E-state index contributed by atoms with van der Waals surface area (Å²) in [4.78, 5) is 17.2. The Morgan fingerprint density at radius 2 is 1.70 bits per heavy atom. The molecule has 1 saturated heterocycles. The van der Waals surface area contributed by atoms with Crippen LogP contribution in [0.1, 0.15) is 18.9 Å². The van der Waals surface area contributed by atoms with Crippen LogP contribution in [0, 0.1) is 0 Å². The van der Waals surface area contributed by atoms with E-state index in [9.17, 15) is 13.2 Å². The summed E-state index contributed by atoms with van der Waals surface area (Å²) in [6, 6.07) is 13.1. The topological polar surface area (TPSA) is 79.4 Å². The van der Waals surface area contributed by atoms with E-state index in [4.69, 9.17) is 9.47 Å². The fourth-order valence-corrected chi connectivity index (χ4v) is 5.99. The molecule has 9 heteroatoms. The fraction of sp³-hybridized carbons (Fsp3) is 0.458. The van der Waals surface area contributed by atoms with Crippen LogP contribution in [0.25, 0.3) is 0 Å². The first-order chi connectivity index (χ1) is 15.8. The highest BCUT2D eigenvalue weighted by atomic mass is 32.2. The fourth-order valence-electron chi connectivity index (χ4n) is 4.55. The molecule has 4 rings (SSSR count). The lowest BCUT2D eigenvalue weighted by Crippen LogP contribution is -2.53. The highest BCUT2D eigenvalue weighted by molar-refractivity contribution is 7.89. The number of methoxy groups -OCH3 is 2. The highest BCUT2D eigenvalue weighted by Crippen LogP contribution is 2.32. The number of rotatable bonds is 6. The molecule has 1 unspecified atom stereocenters. The predicted molar refractivity (Wildman–Crippen MR) is 126 cm³/mol. The van der Waals surface area contributed by atoms with E-state index >= 15 is 0 Å². The lowest BCUT2D eigenvalue weighted by molar-refractivity contribution is -0.131. The minimum Gasteiger partial charge on any atom is -0.493 e. The maximum absolute atomic E-state index is 13.1. The van der Waals surface area contributed by atoms with Crippen molar-refractivity contribution in [1.82, 2.24) is 9.21 Å². The summed E-state index contributed by atoms with van der Waals surface area (Å²) in [6.45, 7) is 3.71. The van der Waals surface area contributed by atoms with Crippen LogP contribution >= 0.6 is 0 Å². The lowest BCUT2D eigenvalue weighted by atomic mass is 9.96. The van der Waals surface area contributed by atoms with Crippen molar-refractivity contribution in [1.29, 1.82) is 0 Å². The average Bonchev–Trinajstić information content (AvgIpc) is 2.85. The van der Waals surface area contributed by atoms with E-state index in [-0.39, 0.29) is 29.9 Å². The monoisotopic (exact) mass is 473 g/mol. The molecule has 2 aromatic carbocycles. The molecular weight excluding hydrogens is 442 g/mol. The Bertz CT molecular complexity index is 1110. The number of carbonyl (C=O) groups is 1. The third-order valence-electron chi connectivity index (χ3n) is 6.55. The number of hydrogen-bond acceptors (Lipinski definition) is 6. The standard InChI is InChI=1S/C24H31N3O5S/c1-18-8-9-19-6-4-5-7-21(19)27(18)17-24(28)25-12-14-26(15-13-25)33(29,30)20-10-11-22(31-2)23(16-20)32-3/h4-7,10-11,16,18H,8-9,12-15,17H2,1-3H3. The average molecular weight is 474 g/mol. The summed E-state index contributed by atoms with van der Waals surface area (Å²) in [7, 11) is -0.717. The van der Waals surface area contributed by atoms with Crippen LogP contribution in [0.4, 0.5) is 5.69 Å². The minimum absolute atomic E-state index is 0.0294. The lowest BCUT2D eigenvalue weighted by Gasteiger charge is -2.39. The van der Waals surface area contributed by atoms with Crippen molar-refractivity contribution in [2.24, 2.45) is 0 Å². The molecule has 0 bridgehead atoms. The number of fused-ring (bicyclic) bond motifs is 1. The first kappa shape index (κ1) is 23.4. The Kier molecular flexibility index (Phi) is 6.81. The molecule has 178 valence electrons. The molecule has 0 saturated carbocycles. The second-order valence-corrected chi connectivity index (χ2v) is 10.4. The van der Waals surface area contributed by atoms with Gasteiger partial charge in [-0.2, -0.15) is 4.31 Å². The van der Waals surface area contributed by atoms with Gasteiger partial charge in [0, 0.05) is 44.0 Å². The third kappa shape index (κ3) is 4.65. The molecule has 8 nitrogen and oxygen atoms in total. The SMILES string of the molecule is COc1ccc(S(=O)(=O)N2CCN(C(=O)CN3c4ccccc4CCC3C)CC2)cc1OC. The maximum atomic E-state index is 13.1. The molecule has 1 amide bonds. The third-order valence-corrected chi connectivity index (χ3v) is 8.45. The molecule has 2 aliphatic heterocycles. The molecule has 0 aromatic heterocycles. The summed E-state index contributed by atoms with van der Waals surface area (Å²) < 4.78 is 38.2. The minimum atomic E-state index is -3.70. The molecule has 0 spiro atoms. The van der Waals surface area contributed by atoms with E-state index in [1.807, 2.05) is 12.1 Å². The zero-order chi connectivity index (χ0) is 23.6. The molecule has 1 atom stereocenters. The number of carbonyl (C=O) groups excluding carboxylic acids is 1. The van der Waals surface area contributed by atoms with Gasteiger partial charge in [0.25, 0.3) is 0 Å². The molecule has 0 radical (unpaired) electrons. The Labute approximate surface area is 195 Å². The Morgan fingerprint density at radius 3 is 2.39 bits per heavy atom. The summed E-state index contributed by atoms with van der Waals surface area (Å²) in [6.07, 6.45) is 2.04. The van der Waals surface area contributed by atoms with E-state index in [0.717, 1.165) is 18.5 Å². The summed E-state index contributed by atoms with van der Waals surface area (Å²) in [5, 5.41) is 0. The van der Waals surface area contributed by atoms with Crippen LogP contribution in [-0.4, -0.2) is 76.5 Å². The number of para-hydroxylation sites is 1. The molecule has 2 aromatic rings. The largest absolute Gasteiger partial charge is 0.493 e. The van der Waals surface area contributed by atoms with Gasteiger partial charge in [-0.15, -0.1) is 0 Å². The molecule has 2 aliphatic rings. The van der Waals surface area contributed by atoms with E-state index in [2.05, 4.69) is 24.0 Å². The van der Waals surface area contributed by atoms with Crippen LogP contribution in [-0.2, 0) is 21.2 Å². The van der Waals surface area contributed by atoms with Gasteiger partial charge in [0.1, 0.15) is 0 Å². The van der Waals surface area contributed by atoms with Crippen molar-refractivity contribution >= 4 is 21.6 Å². The quantitative estimate of drug-likeness (QED) is 0.641. The number of anilines is 1. The van der Waals surface area contributed by atoms with Gasteiger partial charge in [0.2, 0.25) is 15.9 Å². The second-order valence-electron chi connectivity index (χ2n) is 8.45. The van der Waals surface area contributed by atoms with Crippen LogP contribution in [0.2, 0.25) is 0 Å². The number of aryl methyl sites for hydroxylation is 1. The smallest absolute Gasteiger partial charge is 0.243 e. The van der Waals surface area contributed by atoms with Crippen LogP contribution < -0.4 is 14.4 Å². The number of sulfonamides is 1. The van der Waals surface area contributed by atoms with Gasteiger partial charge in [-0.1, -0.05) is 18.2 Å². The van der Waals surface area contributed by atoms with Gasteiger partial charge in [-0.25, -0.2) is 8.42 Å². The van der Waals surface area contributed by atoms with Gasteiger partial charge < -0.3 is 19.3 Å². The number of hydrogen-bond donors (Lipinski definition) is 0. The van der Waals surface area contributed by atoms with E-state index in [0.29, 0.717) is 31.1 Å². The van der Waals surface area contributed by atoms with E-state index in [1.54, 1.807) is 11.0 Å². The molecule has 0 N–H and O–H groups in total. The molecular formula is C24H31N3O5S. The molecule has 2 heterocycles. The number of ether oxygens (including phenoxy) is 2. The van der Waals surface area contributed by atoms with Crippen molar-refractivity contribution in [2.45, 2.75) is 30.7 Å². The highest BCUT2D eigenvalue weighted by Gasteiger charge is 2.32. The van der Waals surface area contributed by atoms with Crippen molar-refractivity contribution in [3.05, 3.63) is 48.0 Å². The second kappa shape index (κ2) is 9.61. The maximum Gasteiger partial charge on any atom is 0.243 e. The van der Waals surface area contributed by atoms with Gasteiger partial charge in [-0.05, 0) is 43.5 Å². The molecule has 33 heavy (non-hydrogen) atoms. The summed E-state index contributed by atoms with van der Waals surface area (Å²) in [5.41, 5.74) is 2.40. The number of benzene rings is 2. The summed E-state index contributed by atoms with van der Waals surface area (Å²) in [5.74, 6) is 0.866. The van der Waals surface area contributed by atoms with Gasteiger partial charge >= 0.3 is 0 Å². The summed E-state index contributed by atoms with van der Waals surface area (Å²) >= 11 is 0. The number of amides is 1. The Balaban J connectivity index is 1.41. The van der Waals surface area contributed by atoms with Crippen molar-refractivity contribution < 1.29 is 22.7 Å².